The molecule has 1 aliphatic heterocycles. The lowest BCUT2D eigenvalue weighted by atomic mass is 9.88. The molecule has 0 amide bonds. The lowest BCUT2D eigenvalue weighted by Crippen LogP contribution is -2.53. The molecule has 120 valence electrons. The molecular weight excluding hydrogens is 274 g/mol. The van der Waals surface area contributed by atoms with E-state index in [1.165, 1.54) is 4.31 Å². The number of nitrogens with one attached hydrogen (secondary N) is 1. The molecule has 3 unspecified atom stereocenters. The summed E-state index contributed by atoms with van der Waals surface area (Å²) >= 11 is 0. The van der Waals surface area contributed by atoms with E-state index >= 15 is 0 Å². The van der Waals surface area contributed by atoms with Gasteiger partial charge in [-0.3, -0.25) is 0 Å². The van der Waals surface area contributed by atoms with Gasteiger partial charge >= 0.3 is 0 Å². The van der Waals surface area contributed by atoms with Crippen molar-refractivity contribution in [2.75, 3.05) is 33.2 Å². The Morgan fingerprint density at radius 3 is 2.55 bits per heavy atom. The first-order valence-corrected chi connectivity index (χ1v) is 9.14. The van der Waals surface area contributed by atoms with E-state index in [2.05, 4.69) is 26.1 Å². The normalized spacial score (nSPS) is 29.0. The Balaban J connectivity index is 2.66. The second kappa shape index (κ2) is 7.73. The molecule has 1 heterocycles. The topological polar surface area (TPSA) is 52.7 Å². The Bertz CT molecular complexity index is 386. The summed E-state index contributed by atoms with van der Waals surface area (Å²) in [5.41, 5.74) is 0. The van der Waals surface area contributed by atoms with Gasteiger partial charge < -0.3 is 5.32 Å². The number of hydrogen-bond donors (Lipinski definition) is 1. The fourth-order valence-electron chi connectivity index (χ4n) is 2.87. The van der Waals surface area contributed by atoms with Gasteiger partial charge in [-0.1, -0.05) is 20.8 Å². The van der Waals surface area contributed by atoms with Crippen molar-refractivity contribution < 1.29 is 8.42 Å². The van der Waals surface area contributed by atoms with Gasteiger partial charge in [-0.2, -0.15) is 17.0 Å². The van der Waals surface area contributed by atoms with E-state index in [0.29, 0.717) is 24.9 Å². The van der Waals surface area contributed by atoms with E-state index < -0.39 is 10.2 Å². The first kappa shape index (κ1) is 17.9. The van der Waals surface area contributed by atoms with E-state index in [1.807, 2.05) is 6.92 Å². The second-order valence-electron chi connectivity index (χ2n) is 6.16. The van der Waals surface area contributed by atoms with Gasteiger partial charge in [0.05, 0.1) is 0 Å². The fraction of sp³-hybridized carbons (Fsp3) is 1.00. The lowest BCUT2D eigenvalue weighted by molar-refractivity contribution is 0.149. The minimum atomic E-state index is -3.33. The maximum atomic E-state index is 12.7. The summed E-state index contributed by atoms with van der Waals surface area (Å²) in [5, 5.41) is 3.22. The molecule has 1 saturated heterocycles. The summed E-state index contributed by atoms with van der Waals surface area (Å²) in [6.07, 6.45) is 1.95. The van der Waals surface area contributed by atoms with E-state index in [9.17, 15) is 8.42 Å². The third kappa shape index (κ3) is 4.41. The summed E-state index contributed by atoms with van der Waals surface area (Å²) in [4.78, 5) is 0. The first-order valence-electron chi connectivity index (χ1n) is 7.74. The molecular formula is C14H31N3O2S. The zero-order chi connectivity index (χ0) is 15.3. The predicted molar refractivity (Wildman–Crippen MR) is 83.8 cm³/mol. The van der Waals surface area contributed by atoms with Gasteiger partial charge in [-0.25, -0.2) is 0 Å². The van der Waals surface area contributed by atoms with Crippen molar-refractivity contribution in [3.8, 4) is 0 Å². The van der Waals surface area contributed by atoms with Crippen LogP contribution in [0, 0.1) is 11.8 Å². The van der Waals surface area contributed by atoms with Crippen LogP contribution in [0.25, 0.3) is 0 Å². The third-order valence-electron chi connectivity index (χ3n) is 4.31. The zero-order valence-electron chi connectivity index (χ0n) is 13.6. The number of piperidine rings is 1. The van der Waals surface area contributed by atoms with Crippen molar-refractivity contribution in [2.24, 2.45) is 11.8 Å². The molecule has 6 heteroatoms. The van der Waals surface area contributed by atoms with Crippen molar-refractivity contribution >= 4 is 10.2 Å². The van der Waals surface area contributed by atoms with Crippen LogP contribution in [-0.2, 0) is 10.2 Å². The van der Waals surface area contributed by atoms with E-state index in [-0.39, 0.29) is 6.04 Å². The van der Waals surface area contributed by atoms with Crippen molar-refractivity contribution in [2.45, 2.75) is 46.6 Å². The van der Waals surface area contributed by atoms with Crippen LogP contribution >= 0.6 is 0 Å². The van der Waals surface area contributed by atoms with Gasteiger partial charge in [0.2, 0.25) is 0 Å². The van der Waals surface area contributed by atoms with Crippen LogP contribution < -0.4 is 5.32 Å². The molecule has 1 rings (SSSR count). The molecule has 0 aromatic rings. The van der Waals surface area contributed by atoms with Crippen LogP contribution in [0.4, 0.5) is 0 Å². The second-order valence-corrected chi connectivity index (χ2v) is 8.15. The van der Waals surface area contributed by atoms with Crippen LogP contribution in [0.15, 0.2) is 0 Å². The Hall–Kier alpha value is -0.170. The quantitative estimate of drug-likeness (QED) is 0.726. The highest BCUT2D eigenvalue weighted by Crippen LogP contribution is 2.29. The molecule has 20 heavy (non-hydrogen) atoms. The zero-order valence-corrected chi connectivity index (χ0v) is 14.4. The van der Waals surface area contributed by atoms with Gasteiger partial charge in [0, 0.05) is 26.2 Å². The lowest BCUT2D eigenvalue weighted by Gasteiger charge is -2.41. The molecule has 1 fully saturated rings. The van der Waals surface area contributed by atoms with Gasteiger partial charge in [0.1, 0.15) is 0 Å². The summed E-state index contributed by atoms with van der Waals surface area (Å²) in [5.74, 6) is 0.856. The van der Waals surface area contributed by atoms with Crippen molar-refractivity contribution in [3.05, 3.63) is 0 Å². The van der Waals surface area contributed by atoms with Crippen LogP contribution in [0.3, 0.4) is 0 Å². The van der Waals surface area contributed by atoms with Gasteiger partial charge in [-0.05, 0) is 44.7 Å². The first-order chi connectivity index (χ1) is 9.30. The highest BCUT2D eigenvalue weighted by molar-refractivity contribution is 7.86. The summed E-state index contributed by atoms with van der Waals surface area (Å²) in [6, 6.07) is 0.0902. The predicted octanol–water partition coefficient (Wildman–Crippen LogP) is 1.53. The highest BCUT2D eigenvalue weighted by Gasteiger charge is 2.38. The maximum absolute atomic E-state index is 12.7. The van der Waals surface area contributed by atoms with E-state index in [1.54, 1.807) is 11.4 Å². The van der Waals surface area contributed by atoms with Gasteiger partial charge in [0.15, 0.2) is 0 Å². The van der Waals surface area contributed by atoms with Gasteiger partial charge in [-0.15, -0.1) is 0 Å². The monoisotopic (exact) mass is 305 g/mol. The molecule has 1 aliphatic rings. The van der Waals surface area contributed by atoms with Gasteiger partial charge in [0.25, 0.3) is 10.2 Å². The molecule has 1 N–H and O–H groups in total. The SMILES string of the molecule is CCNCCCN(C)S(=O)(=O)N1CC(C)CC(C)C1C. The highest BCUT2D eigenvalue weighted by atomic mass is 32.2. The fourth-order valence-corrected chi connectivity index (χ4v) is 4.65. The number of nitrogens with zero attached hydrogens (tertiary/aromatic N) is 2. The summed E-state index contributed by atoms with van der Waals surface area (Å²) in [6.45, 7) is 11.4. The number of rotatable bonds is 7. The van der Waals surface area contributed by atoms with E-state index in [0.717, 1.165) is 25.9 Å². The van der Waals surface area contributed by atoms with E-state index in [4.69, 9.17) is 0 Å². The smallest absolute Gasteiger partial charge is 0.281 e. The molecule has 0 bridgehead atoms. The van der Waals surface area contributed by atoms with Crippen LogP contribution in [0.5, 0.6) is 0 Å². The molecule has 0 aliphatic carbocycles. The average Bonchev–Trinajstić information content (AvgIpc) is 2.38. The van der Waals surface area contributed by atoms with Crippen molar-refractivity contribution in [1.82, 2.24) is 13.9 Å². The van der Waals surface area contributed by atoms with Crippen LogP contribution in [0.2, 0.25) is 0 Å². The Morgan fingerprint density at radius 2 is 1.95 bits per heavy atom. The third-order valence-corrected chi connectivity index (χ3v) is 6.35. The molecule has 0 saturated carbocycles. The molecule has 0 spiro atoms. The molecule has 0 aromatic heterocycles. The largest absolute Gasteiger partial charge is 0.317 e. The van der Waals surface area contributed by atoms with Crippen LogP contribution in [0.1, 0.15) is 40.5 Å². The minimum absolute atomic E-state index is 0.0902. The molecule has 0 aromatic carbocycles. The Labute approximate surface area is 124 Å². The average molecular weight is 305 g/mol. The Morgan fingerprint density at radius 1 is 1.30 bits per heavy atom. The standard InChI is InChI=1S/C14H31N3O2S/c1-6-15-8-7-9-16(5)20(18,19)17-11-12(2)10-13(3)14(17)4/h12-15H,6-11H2,1-5H3. The summed E-state index contributed by atoms with van der Waals surface area (Å²) in [7, 11) is -1.63. The van der Waals surface area contributed by atoms with Crippen molar-refractivity contribution in [1.29, 1.82) is 0 Å². The molecule has 3 atom stereocenters. The molecule has 0 radical (unpaired) electrons. The maximum Gasteiger partial charge on any atom is 0.281 e. The van der Waals surface area contributed by atoms with Crippen LogP contribution in [-0.4, -0.2) is 56.3 Å². The molecule has 5 nitrogen and oxygen atoms in total. The summed E-state index contributed by atoms with van der Waals surface area (Å²) < 4.78 is 28.6. The van der Waals surface area contributed by atoms with Crippen molar-refractivity contribution in [3.63, 3.8) is 0 Å². The minimum Gasteiger partial charge on any atom is -0.317 e. The Kier molecular flexibility index (Phi) is 6.91. The number of hydrogen-bond acceptors (Lipinski definition) is 3.